The molecule has 0 aliphatic rings. The molecule has 4 atom stereocenters. The first-order chi connectivity index (χ1) is 20.6. The molecule has 0 fully saturated rings. The second-order valence-electron chi connectivity index (χ2n) is 9.93. The zero-order chi connectivity index (χ0) is 29.4. The summed E-state index contributed by atoms with van der Waals surface area (Å²) in [7, 11) is 0. The molecule has 0 amide bonds. The summed E-state index contributed by atoms with van der Waals surface area (Å²) in [5.74, 6) is -0.574. The number of Topliss-reactive ketones (excluding diaryl/α,β-unsaturated/α-hetero) is 1. The van der Waals surface area contributed by atoms with Gasteiger partial charge in [0.05, 0.1) is 33.0 Å². The third-order valence-corrected chi connectivity index (χ3v) is 6.72. The van der Waals surface area contributed by atoms with Gasteiger partial charge in [-0.15, -0.1) is 0 Å². The van der Waals surface area contributed by atoms with E-state index in [1.165, 1.54) is 0 Å². The van der Waals surface area contributed by atoms with Gasteiger partial charge in [0.2, 0.25) is 0 Å². The average molecular weight is 571 g/mol. The molecule has 4 aromatic carbocycles. The number of ketones is 1. The van der Waals surface area contributed by atoms with Crippen LogP contribution in [0.2, 0.25) is 0 Å². The first-order valence-corrected chi connectivity index (χ1v) is 14.0. The Labute approximate surface area is 247 Å². The lowest BCUT2D eigenvalue weighted by molar-refractivity contribution is -0.191. The van der Waals surface area contributed by atoms with Crippen molar-refractivity contribution in [3.63, 3.8) is 0 Å². The Morgan fingerprint density at radius 3 is 1.36 bits per heavy atom. The van der Waals surface area contributed by atoms with E-state index in [4.69, 9.17) is 18.9 Å². The highest BCUT2D eigenvalue weighted by atomic mass is 16.6. The second-order valence-corrected chi connectivity index (χ2v) is 9.93. The lowest BCUT2D eigenvalue weighted by Crippen LogP contribution is -2.53. The van der Waals surface area contributed by atoms with Crippen molar-refractivity contribution in [1.82, 2.24) is 0 Å². The fourth-order valence-corrected chi connectivity index (χ4v) is 4.50. The molecular weight excluding hydrogens is 532 g/mol. The third-order valence-electron chi connectivity index (χ3n) is 6.72. The molecular formula is C35H38O7. The van der Waals surface area contributed by atoms with Crippen molar-refractivity contribution >= 4 is 5.78 Å². The van der Waals surface area contributed by atoms with Crippen molar-refractivity contribution in [1.29, 1.82) is 0 Å². The Bertz CT molecular complexity index is 1290. The van der Waals surface area contributed by atoms with Gasteiger partial charge in [0.25, 0.3) is 0 Å². The van der Waals surface area contributed by atoms with E-state index in [1.807, 2.05) is 121 Å². The van der Waals surface area contributed by atoms with Gasteiger partial charge in [-0.25, -0.2) is 0 Å². The molecule has 0 aliphatic heterocycles. The van der Waals surface area contributed by atoms with E-state index in [0.717, 1.165) is 22.3 Å². The van der Waals surface area contributed by atoms with Crippen LogP contribution in [0, 0.1) is 0 Å². The van der Waals surface area contributed by atoms with Gasteiger partial charge in [0.15, 0.2) is 5.78 Å². The Morgan fingerprint density at radius 2 is 0.929 bits per heavy atom. The molecule has 7 heteroatoms. The average Bonchev–Trinajstić information content (AvgIpc) is 3.05. The molecule has 42 heavy (non-hydrogen) atoms. The summed E-state index contributed by atoms with van der Waals surface area (Å²) in [5.41, 5.74) is 3.57. The maximum absolute atomic E-state index is 13.2. The zero-order valence-corrected chi connectivity index (χ0v) is 23.5. The SMILES string of the molecule is O=C(CO)[C@H](OCc1ccccc1)[C@@H](OCc1ccccc1)[C@H](OCc1ccccc1)[C@H](O)COCc1ccccc1. The molecule has 4 rings (SSSR count). The molecule has 0 heterocycles. The van der Waals surface area contributed by atoms with Crippen LogP contribution in [-0.4, -0.2) is 53.6 Å². The number of rotatable bonds is 18. The van der Waals surface area contributed by atoms with Crippen LogP contribution in [0.25, 0.3) is 0 Å². The highest BCUT2D eigenvalue weighted by Gasteiger charge is 2.40. The van der Waals surface area contributed by atoms with Gasteiger partial charge in [-0.1, -0.05) is 121 Å². The number of hydrogen-bond donors (Lipinski definition) is 2. The molecule has 0 aliphatic carbocycles. The number of hydrogen-bond acceptors (Lipinski definition) is 7. The number of carbonyl (C=O) groups is 1. The van der Waals surface area contributed by atoms with Crippen molar-refractivity contribution in [3.05, 3.63) is 144 Å². The molecule has 0 saturated heterocycles. The Morgan fingerprint density at radius 1 is 0.548 bits per heavy atom. The number of benzene rings is 4. The quantitative estimate of drug-likeness (QED) is 0.176. The zero-order valence-electron chi connectivity index (χ0n) is 23.5. The summed E-state index contributed by atoms with van der Waals surface area (Å²) in [6, 6.07) is 38.1. The minimum Gasteiger partial charge on any atom is -0.388 e. The van der Waals surface area contributed by atoms with Crippen LogP contribution in [0.15, 0.2) is 121 Å². The topological polar surface area (TPSA) is 94.5 Å². The number of ether oxygens (including phenoxy) is 4. The van der Waals surface area contributed by atoms with Gasteiger partial charge in [0.1, 0.15) is 31.0 Å². The van der Waals surface area contributed by atoms with Crippen LogP contribution in [0.4, 0.5) is 0 Å². The van der Waals surface area contributed by atoms with Gasteiger partial charge in [-0.2, -0.15) is 0 Å². The van der Waals surface area contributed by atoms with Crippen LogP contribution >= 0.6 is 0 Å². The Balaban J connectivity index is 1.59. The number of aliphatic hydroxyl groups is 2. The van der Waals surface area contributed by atoms with E-state index in [9.17, 15) is 15.0 Å². The largest absolute Gasteiger partial charge is 0.388 e. The summed E-state index contributed by atoms with van der Waals surface area (Å²) in [6.07, 6.45) is -4.48. The molecule has 2 N–H and O–H groups in total. The van der Waals surface area contributed by atoms with Gasteiger partial charge >= 0.3 is 0 Å². The molecule has 0 aromatic heterocycles. The Hall–Kier alpha value is -3.69. The van der Waals surface area contributed by atoms with E-state index in [-0.39, 0.29) is 26.4 Å². The van der Waals surface area contributed by atoms with Crippen molar-refractivity contribution < 1.29 is 34.0 Å². The van der Waals surface area contributed by atoms with Crippen molar-refractivity contribution in [3.8, 4) is 0 Å². The summed E-state index contributed by atoms with van der Waals surface area (Å²) in [5, 5.41) is 21.4. The van der Waals surface area contributed by atoms with Gasteiger partial charge in [0, 0.05) is 0 Å². The normalized spacial score (nSPS) is 14.1. The molecule has 4 aromatic rings. The minimum atomic E-state index is -1.22. The molecule has 0 spiro atoms. The highest BCUT2D eigenvalue weighted by molar-refractivity contribution is 5.84. The van der Waals surface area contributed by atoms with E-state index < -0.39 is 36.8 Å². The van der Waals surface area contributed by atoms with Gasteiger partial charge in [-0.05, 0) is 22.3 Å². The van der Waals surface area contributed by atoms with Crippen molar-refractivity contribution in [2.45, 2.75) is 50.8 Å². The van der Waals surface area contributed by atoms with Crippen LogP contribution in [0.3, 0.4) is 0 Å². The monoisotopic (exact) mass is 570 g/mol. The fourth-order valence-electron chi connectivity index (χ4n) is 4.50. The number of aliphatic hydroxyl groups excluding tert-OH is 2. The van der Waals surface area contributed by atoms with Crippen LogP contribution < -0.4 is 0 Å². The van der Waals surface area contributed by atoms with Crippen LogP contribution in [-0.2, 0) is 50.2 Å². The molecule has 0 saturated carbocycles. The first-order valence-electron chi connectivity index (χ1n) is 14.0. The lowest BCUT2D eigenvalue weighted by Gasteiger charge is -2.35. The van der Waals surface area contributed by atoms with Crippen LogP contribution in [0.1, 0.15) is 22.3 Å². The van der Waals surface area contributed by atoms with E-state index >= 15 is 0 Å². The first kappa shape index (κ1) is 31.3. The Kier molecular flexibility index (Phi) is 12.9. The molecule has 0 radical (unpaired) electrons. The predicted octanol–water partition coefficient (Wildman–Crippen LogP) is 4.88. The van der Waals surface area contributed by atoms with E-state index in [1.54, 1.807) is 0 Å². The maximum atomic E-state index is 13.2. The predicted molar refractivity (Wildman–Crippen MR) is 159 cm³/mol. The van der Waals surface area contributed by atoms with E-state index in [2.05, 4.69) is 0 Å². The molecule has 220 valence electrons. The molecule has 7 nitrogen and oxygen atoms in total. The minimum absolute atomic E-state index is 0.0712. The summed E-state index contributed by atoms with van der Waals surface area (Å²) in [6.45, 7) is -0.130. The second kappa shape index (κ2) is 17.3. The number of carbonyl (C=O) groups excluding carboxylic acids is 1. The van der Waals surface area contributed by atoms with E-state index in [0.29, 0.717) is 6.61 Å². The van der Waals surface area contributed by atoms with Crippen molar-refractivity contribution in [2.24, 2.45) is 0 Å². The smallest absolute Gasteiger partial charge is 0.189 e. The van der Waals surface area contributed by atoms with Gasteiger partial charge in [-0.3, -0.25) is 4.79 Å². The summed E-state index contributed by atoms with van der Waals surface area (Å²) < 4.78 is 24.6. The van der Waals surface area contributed by atoms with Crippen LogP contribution in [0.5, 0.6) is 0 Å². The summed E-state index contributed by atoms with van der Waals surface area (Å²) in [4.78, 5) is 13.2. The highest BCUT2D eigenvalue weighted by Crippen LogP contribution is 2.22. The molecule has 0 unspecified atom stereocenters. The third kappa shape index (κ3) is 9.99. The summed E-state index contributed by atoms with van der Waals surface area (Å²) >= 11 is 0. The van der Waals surface area contributed by atoms with Gasteiger partial charge < -0.3 is 29.2 Å². The van der Waals surface area contributed by atoms with Crippen molar-refractivity contribution in [2.75, 3.05) is 13.2 Å². The maximum Gasteiger partial charge on any atom is 0.189 e. The standard InChI is InChI=1S/C35H38O7/c36-21-31(37)33(40-23-28-15-7-2-8-16-28)35(42-25-30-19-11-4-12-20-30)34(41-24-29-17-9-3-10-18-29)32(38)26-39-22-27-13-5-1-6-14-27/h1-20,32-36,38H,21-26H2/t32-,33+,34-,35-/m1/s1. The lowest BCUT2D eigenvalue weighted by atomic mass is 9.99. The molecule has 0 bridgehead atoms. The fraction of sp³-hybridized carbons (Fsp3) is 0.286.